The van der Waals surface area contributed by atoms with Gasteiger partial charge in [0.25, 0.3) is 0 Å². The van der Waals surface area contributed by atoms with Crippen LogP contribution in [0.3, 0.4) is 0 Å². The minimum atomic E-state index is -1.15. The Kier molecular flexibility index (Phi) is 2.07. The van der Waals surface area contributed by atoms with Gasteiger partial charge >= 0.3 is 11.6 Å². The van der Waals surface area contributed by atoms with Gasteiger partial charge in [0.15, 0.2) is 11.5 Å². The molecule has 6 heteroatoms. The van der Waals surface area contributed by atoms with Crippen LogP contribution in [0.4, 0.5) is 0 Å². The second-order valence-corrected chi connectivity index (χ2v) is 3.88. The van der Waals surface area contributed by atoms with E-state index < -0.39 is 11.6 Å². The lowest BCUT2D eigenvalue weighted by Crippen LogP contribution is -2.08. The van der Waals surface area contributed by atoms with Crippen LogP contribution in [0.5, 0.6) is 11.5 Å². The van der Waals surface area contributed by atoms with Crippen LogP contribution in [-0.2, 0) is 0 Å². The van der Waals surface area contributed by atoms with E-state index in [0.29, 0.717) is 16.9 Å². The molecule has 2 heterocycles. The fraction of sp³-hybridized carbons (Fsp3) is 0.167. The molecule has 0 bridgehead atoms. The number of aromatic carboxylic acids is 1. The summed E-state index contributed by atoms with van der Waals surface area (Å²) in [4.78, 5) is 22.9. The number of carbonyl (C=O) groups is 1. The standard InChI is InChI=1S/C12H8O6/c1-5-10(11(13)14)6-2-8-9(17-4-16-8)3-7(6)12(15)18-5/h2-3H,4H2,1H3,(H,13,14). The van der Waals surface area contributed by atoms with E-state index in [1.54, 1.807) is 0 Å². The molecule has 1 aliphatic heterocycles. The van der Waals surface area contributed by atoms with E-state index in [1.165, 1.54) is 19.1 Å². The van der Waals surface area contributed by atoms with E-state index in [0.717, 1.165) is 0 Å². The Balaban J connectivity index is 2.48. The fourth-order valence-corrected chi connectivity index (χ4v) is 2.02. The molecule has 1 aromatic carbocycles. The lowest BCUT2D eigenvalue weighted by atomic mass is 10.1. The largest absolute Gasteiger partial charge is 0.478 e. The van der Waals surface area contributed by atoms with Crippen LogP contribution < -0.4 is 15.1 Å². The van der Waals surface area contributed by atoms with Gasteiger partial charge in [-0.3, -0.25) is 0 Å². The summed E-state index contributed by atoms with van der Waals surface area (Å²) in [5, 5.41) is 9.63. The van der Waals surface area contributed by atoms with E-state index in [4.69, 9.17) is 19.0 Å². The number of fused-ring (bicyclic) bond motifs is 2. The van der Waals surface area contributed by atoms with Crippen LogP contribution in [0, 0.1) is 6.92 Å². The third kappa shape index (κ3) is 1.35. The molecule has 1 aromatic heterocycles. The number of rotatable bonds is 1. The minimum absolute atomic E-state index is 0.0390. The Labute approximate surface area is 100 Å². The van der Waals surface area contributed by atoms with Crippen molar-refractivity contribution in [1.82, 2.24) is 0 Å². The van der Waals surface area contributed by atoms with E-state index in [9.17, 15) is 9.59 Å². The summed E-state index contributed by atoms with van der Waals surface area (Å²) in [7, 11) is 0. The molecule has 0 saturated heterocycles. The first-order valence-electron chi connectivity index (χ1n) is 5.18. The molecule has 0 atom stereocenters. The molecule has 6 nitrogen and oxygen atoms in total. The Morgan fingerprint density at radius 1 is 1.22 bits per heavy atom. The molecule has 0 radical (unpaired) electrons. The Morgan fingerprint density at radius 2 is 1.83 bits per heavy atom. The van der Waals surface area contributed by atoms with E-state index in [-0.39, 0.29) is 23.5 Å². The average molecular weight is 248 g/mol. The van der Waals surface area contributed by atoms with Gasteiger partial charge in [-0.05, 0) is 19.1 Å². The van der Waals surface area contributed by atoms with Gasteiger partial charge < -0.3 is 19.0 Å². The summed E-state index contributed by atoms with van der Waals surface area (Å²) in [6.45, 7) is 1.49. The maximum absolute atomic E-state index is 11.7. The van der Waals surface area contributed by atoms with Crippen LogP contribution in [0.1, 0.15) is 16.1 Å². The molecule has 0 fully saturated rings. The summed E-state index contributed by atoms with van der Waals surface area (Å²) >= 11 is 0. The average Bonchev–Trinajstić information content (AvgIpc) is 2.73. The maximum Gasteiger partial charge on any atom is 0.344 e. The third-order valence-corrected chi connectivity index (χ3v) is 2.81. The zero-order valence-electron chi connectivity index (χ0n) is 9.35. The molecule has 0 spiro atoms. The molecule has 1 N–H and O–H groups in total. The van der Waals surface area contributed by atoms with Crippen LogP contribution in [-0.4, -0.2) is 17.9 Å². The molecular formula is C12H8O6. The monoisotopic (exact) mass is 248 g/mol. The van der Waals surface area contributed by atoms with Gasteiger partial charge in [0.2, 0.25) is 6.79 Å². The van der Waals surface area contributed by atoms with Gasteiger partial charge in [0.1, 0.15) is 11.3 Å². The van der Waals surface area contributed by atoms with Crippen molar-refractivity contribution in [1.29, 1.82) is 0 Å². The maximum atomic E-state index is 11.7. The number of benzene rings is 1. The molecule has 0 aliphatic carbocycles. The highest BCUT2D eigenvalue weighted by molar-refractivity contribution is 6.04. The Morgan fingerprint density at radius 3 is 2.44 bits per heavy atom. The molecule has 1 aliphatic rings. The molecular weight excluding hydrogens is 240 g/mol. The zero-order chi connectivity index (χ0) is 12.9. The first-order valence-corrected chi connectivity index (χ1v) is 5.18. The number of hydrogen-bond acceptors (Lipinski definition) is 5. The lowest BCUT2D eigenvalue weighted by molar-refractivity contribution is 0.0695. The van der Waals surface area contributed by atoms with Crippen molar-refractivity contribution in [3.05, 3.63) is 33.9 Å². The molecule has 92 valence electrons. The van der Waals surface area contributed by atoms with E-state index >= 15 is 0 Å². The minimum Gasteiger partial charge on any atom is -0.478 e. The highest BCUT2D eigenvalue weighted by Gasteiger charge is 2.22. The number of carboxylic acid groups (broad SMARTS) is 1. The van der Waals surface area contributed by atoms with Crippen molar-refractivity contribution in [3.63, 3.8) is 0 Å². The smallest absolute Gasteiger partial charge is 0.344 e. The first-order chi connectivity index (χ1) is 8.58. The van der Waals surface area contributed by atoms with Crippen molar-refractivity contribution in [2.45, 2.75) is 6.92 Å². The van der Waals surface area contributed by atoms with Gasteiger partial charge in [-0.1, -0.05) is 0 Å². The summed E-state index contributed by atoms with van der Waals surface area (Å²) in [5.41, 5.74) is -0.631. The fourth-order valence-electron chi connectivity index (χ4n) is 2.02. The molecule has 3 rings (SSSR count). The van der Waals surface area contributed by atoms with E-state index in [2.05, 4.69) is 0 Å². The summed E-state index contributed by atoms with van der Waals surface area (Å²) < 4.78 is 15.2. The van der Waals surface area contributed by atoms with Crippen LogP contribution in [0.2, 0.25) is 0 Å². The van der Waals surface area contributed by atoms with Crippen LogP contribution >= 0.6 is 0 Å². The van der Waals surface area contributed by atoms with Crippen LogP contribution in [0.15, 0.2) is 21.3 Å². The zero-order valence-corrected chi connectivity index (χ0v) is 9.35. The summed E-state index contributed by atoms with van der Waals surface area (Å²) in [6, 6.07) is 2.93. The molecule has 2 aromatic rings. The highest BCUT2D eigenvalue weighted by Crippen LogP contribution is 2.36. The third-order valence-electron chi connectivity index (χ3n) is 2.81. The van der Waals surface area contributed by atoms with Gasteiger partial charge in [0, 0.05) is 5.39 Å². The number of ether oxygens (including phenoxy) is 2. The van der Waals surface area contributed by atoms with Crippen molar-refractivity contribution < 1.29 is 23.8 Å². The van der Waals surface area contributed by atoms with E-state index in [1.807, 2.05) is 0 Å². The number of hydrogen-bond donors (Lipinski definition) is 1. The highest BCUT2D eigenvalue weighted by atomic mass is 16.7. The molecule has 0 amide bonds. The van der Waals surface area contributed by atoms with Gasteiger partial charge in [-0.2, -0.15) is 0 Å². The Hall–Kier alpha value is -2.50. The summed E-state index contributed by atoms with van der Waals surface area (Å²) in [5.74, 6) is -0.246. The normalized spacial score (nSPS) is 12.9. The number of carboxylic acids is 1. The lowest BCUT2D eigenvalue weighted by Gasteiger charge is -2.05. The second-order valence-electron chi connectivity index (χ2n) is 3.88. The first kappa shape index (κ1) is 10.6. The second kappa shape index (κ2) is 3.49. The number of aryl methyl sites for hydroxylation is 1. The summed E-state index contributed by atoms with van der Waals surface area (Å²) in [6.07, 6.45) is 0. The van der Waals surface area contributed by atoms with Crippen molar-refractivity contribution in [3.8, 4) is 11.5 Å². The van der Waals surface area contributed by atoms with Gasteiger partial charge in [-0.15, -0.1) is 0 Å². The van der Waals surface area contributed by atoms with Crippen LogP contribution in [0.25, 0.3) is 10.8 Å². The predicted octanol–water partition coefficient (Wildman–Crippen LogP) is 1.53. The molecule has 0 unspecified atom stereocenters. The predicted molar refractivity (Wildman–Crippen MR) is 60.3 cm³/mol. The SMILES string of the molecule is Cc1oc(=O)c2cc3c(cc2c1C(=O)O)OCO3. The topological polar surface area (TPSA) is 86.0 Å². The van der Waals surface area contributed by atoms with Crippen molar-refractivity contribution in [2.24, 2.45) is 0 Å². The van der Waals surface area contributed by atoms with Gasteiger partial charge in [-0.25, -0.2) is 9.59 Å². The molecule has 0 saturated carbocycles. The molecule has 18 heavy (non-hydrogen) atoms. The van der Waals surface area contributed by atoms with Crippen molar-refractivity contribution >= 4 is 16.7 Å². The van der Waals surface area contributed by atoms with Gasteiger partial charge in [0.05, 0.1) is 5.39 Å². The Bertz CT molecular complexity index is 727. The quantitative estimate of drug-likeness (QED) is 0.823. The van der Waals surface area contributed by atoms with Crippen molar-refractivity contribution in [2.75, 3.05) is 6.79 Å².